The van der Waals surface area contributed by atoms with Crippen molar-refractivity contribution in [1.29, 1.82) is 0 Å². The quantitative estimate of drug-likeness (QED) is 0.0394. The first-order chi connectivity index (χ1) is 30.2. The number of nitrogens with one attached hydrogen (secondary N) is 7. The maximum absolute atomic E-state index is 14.2. The number of aromatic amines is 1. The molecule has 0 aliphatic carbocycles. The summed E-state index contributed by atoms with van der Waals surface area (Å²) in [6.45, 7) is 3.73. The first-order valence-corrected chi connectivity index (χ1v) is 20.4. The van der Waals surface area contributed by atoms with Gasteiger partial charge in [-0.2, -0.15) is 0 Å². The Morgan fingerprint density at radius 2 is 1.19 bits per heavy atom. The van der Waals surface area contributed by atoms with Crippen LogP contribution in [-0.4, -0.2) is 134 Å². The molecule has 0 radical (unpaired) electrons. The Morgan fingerprint density at radius 3 is 1.77 bits per heavy atom. The molecule has 1 aromatic heterocycles. The molecule has 15 N–H and O–H groups in total. The number of aliphatic carboxylic acids is 2. The van der Waals surface area contributed by atoms with Crippen LogP contribution >= 0.6 is 0 Å². The van der Waals surface area contributed by atoms with Crippen LogP contribution in [0.1, 0.15) is 57.6 Å². The molecule has 3 rings (SSSR count). The molecule has 22 heteroatoms. The molecule has 0 unspecified atom stereocenters. The largest absolute Gasteiger partial charge is 0.481 e. The van der Waals surface area contributed by atoms with Gasteiger partial charge in [-0.25, -0.2) is 4.79 Å². The second-order valence-electron chi connectivity index (χ2n) is 15.6. The standard InChI is InChI=1S/C42H57N9O13/c1-21(2)15-32(42(63)64)50-40(61)31(18-34(55)56)49-41(62)35(22(3)53)51-37(58)28(13-14-33(44)54)46-38(59)29(16-23-9-5-4-6-10-23)48-39(60)30(47-36(57)26(43)20-52)17-24-19-45-27-12-8-7-11-25(24)27/h4-12,19,21-22,26,28-32,35,45,52-53H,13-18,20,43H2,1-3H3,(H2,44,54)(H,46,59)(H,47,57)(H,48,60)(H,49,62)(H,50,61)(H,51,58)(H,55,56)(H,63,64)/t22-,26+,28+,29+,30+,31+,32+,35+/m1/s1. The van der Waals surface area contributed by atoms with Gasteiger partial charge in [-0.3, -0.25) is 38.4 Å². The fourth-order valence-electron chi connectivity index (χ4n) is 6.52. The van der Waals surface area contributed by atoms with Crippen molar-refractivity contribution in [3.63, 3.8) is 0 Å². The van der Waals surface area contributed by atoms with Gasteiger partial charge in [-0.15, -0.1) is 0 Å². The number of aliphatic hydroxyl groups is 2. The number of fused-ring (bicyclic) bond motifs is 1. The van der Waals surface area contributed by atoms with Crippen LogP contribution in [0.25, 0.3) is 10.9 Å². The number of amides is 7. The molecule has 0 saturated heterocycles. The van der Waals surface area contributed by atoms with Crippen LogP contribution in [0.2, 0.25) is 0 Å². The zero-order chi connectivity index (χ0) is 47.7. The summed E-state index contributed by atoms with van der Waals surface area (Å²) in [7, 11) is 0. The highest BCUT2D eigenvalue weighted by molar-refractivity contribution is 5.98. The van der Waals surface area contributed by atoms with E-state index in [1.54, 1.807) is 74.6 Å². The molecular formula is C42H57N9O13. The van der Waals surface area contributed by atoms with Crippen molar-refractivity contribution in [3.8, 4) is 0 Å². The first-order valence-electron chi connectivity index (χ1n) is 20.4. The molecule has 0 bridgehead atoms. The average molecular weight is 896 g/mol. The molecule has 0 spiro atoms. The van der Waals surface area contributed by atoms with Crippen LogP contribution in [0.3, 0.4) is 0 Å². The number of primary amides is 1. The SMILES string of the molecule is CC(C)C[C@H](NC(=O)[C@H](CC(=O)O)NC(=O)[C@@H](NC(=O)[C@H](CCC(N)=O)NC(=O)[C@H](Cc1ccccc1)NC(=O)[C@H](Cc1c[nH]c2ccccc12)NC(=O)[C@@H](N)CO)[C@@H](C)O)C(=O)O. The number of hydrogen-bond donors (Lipinski definition) is 13. The molecule has 348 valence electrons. The van der Waals surface area contributed by atoms with Gasteiger partial charge in [0, 0.05) is 36.4 Å². The number of rotatable bonds is 26. The van der Waals surface area contributed by atoms with E-state index < -0.39 is 128 Å². The lowest BCUT2D eigenvalue weighted by Gasteiger charge is -2.28. The van der Waals surface area contributed by atoms with E-state index in [1.165, 1.54) is 0 Å². The second kappa shape index (κ2) is 24.7. The third-order valence-corrected chi connectivity index (χ3v) is 9.89. The van der Waals surface area contributed by atoms with Crippen molar-refractivity contribution in [2.45, 2.75) is 108 Å². The number of carboxylic acid groups (broad SMARTS) is 2. The third-order valence-electron chi connectivity index (χ3n) is 9.89. The summed E-state index contributed by atoms with van der Waals surface area (Å²) >= 11 is 0. The number of H-pyrrole nitrogens is 1. The topological polar surface area (TPSA) is 375 Å². The molecule has 0 saturated carbocycles. The minimum atomic E-state index is -1.91. The lowest BCUT2D eigenvalue weighted by Crippen LogP contribution is -2.62. The molecule has 64 heavy (non-hydrogen) atoms. The summed E-state index contributed by atoms with van der Waals surface area (Å²) in [6.07, 6.45) is -2.32. The van der Waals surface area contributed by atoms with E-state index in [4.69, 9.17) is 11.5 Å². The molecule has 8 atom stereocenters. The van der Waals surface area contributed by atoms with Gasteiger partial charge in [0.15, 0.2) is 0 Å². The van der Waals surface area contributed by atoms with E-state index in [2.05, 4.69) is 36.9 Å². The highest BCUT2D eigenvalue weighted by Gasteiger charge is 2.36. The van der Waals surface area contributed by atoms with Gasteiger partial charge in [0.05, 0.1) is 19.1 Å². The summed E-state index contributed by atoms with van der Waals surface area (Å²) in [5.41, 5.74) is 13.0. The van der Waals surface area contributed by atoms with Crippen LogP contribution in [0.15, 0.2) is 60.8 Å². The molecular weight excluding hydrogens is 839 g/mol. The number of para-hydroxylation sites is 1. The number of carbonyl (C=O) groups is 9. The smallest absolute Gasteiger partial charge is 0.326 e. The fourth-order valence-corrected chi connectivity index (χ4v) is 6.52. The van der Waals surface area contributed by atoms with Crippen molar-refractivity contribution in [3.05, 3.63) is 71.9 Å². The zero-order valence-corrected chi connectivity index (χ0v) is 35.5. The molecule has 0 aliphatic heterocycles. The minimum Gasteiger partial charge on any atom is -0.481 e. The van der Waals surface area contributed by atoms with Crippen molar-refractivity contribution in [2.24, 2.45) is 17.4 Å². The van der Waals surface area contributed by atoms with E-state index >= 15 is 0 Å². The normalized spacial score (nSPS) is 14.9. The third kappa shape index (κ3) is 16.1. The Hall–Kier alpha value is -6.91. The fraction of sp³-hybridized carbons (Fsp3) is 0.452. The molecule has 0 fully saturated rings. The maximum Gasteiger partial charge on any atom is 0.326 e. The Balaban J connectivity index is 1.92. The molecule has 22 nitrogen and oxygen atoms in total. The van der Waals surface area contributed by atoms with Crippen molar-refractivity contribution < 1.29 is 63.6 Å². The highest BCUT2D eigenvalue weighted by Crippen LogP contribution is 2.20. The van der Waals surface area contributed by atoms with E-state index in [9.17, 15) is 63.6 Å². The zero-order valence-electron chi connectivity index (χ0n) is 35.5. The van der Waals surface area contributed by atoms with Gasteiger partial charge >= 0.3 is 11.9 Å². The molecule has 0 aliphatic rings. The Labute approximate surface area is 367 Å². The molecule has 2 aromatic carbocycles. The summed E-state index contributed by atoms with van der Waals surface area (Å²) in [6, 6.07) is 4.45. The summed E-state index contributed by atoms with van der Waals surface area (Å²) < 4.78 is 0. The minimum absolute atomic E-state index is 0.0308. The number of carbonyl (C=O) groups excluding carboxylic acids is 7. The van der Waals surface area contributed by atoms with Crippen LogP contribution < -0.4 is 43.4 Å². The van der Waals surface area contributed by atoms with E-state index in [-0.39, 0.29) is 25.2 Å². The van der Waals surface area contributed by atoms with Gasteiger partial charge in [0.2, 0.25) is 41.4 Å². The van der Waals surface area contributed by atoms with E-state index in [1.807, 2.05) is 0 Å². The lowest BCUT2D eigenvalue weighted by atomic mass is 10.0. The summed E-state index contributed by atoms with van der Waals surface area (Å²) in [5.74, 6) is -10.3. The van der Waals surface area contributed by atoms with Crippen LogP contribution in [-0.2, 0) is 56.0 Å². The number of hydrogen-bond acceptors (Lipinski definition) is 12. The van der Waals surface area contributed by atoms with Gasteiger partial charge < -0.3 is 68.8 Å². The second-order valence-corrected chi connectivity index (χ2v) is 15.6. The number of aliphatic hydroxyl groups excluding tert-OH is 2. The van der Waals surface area contributed by atoms with E-state index in [0.717, 1.165) is 17.8 Å². The Morgan fingerprint density at radius 1 is 0.656 bits per heavy atom. The summed E-state index contributed by atoms with van der Waals surface area (Å²) in [4.78, 5) is 120. The molecule has 1 heterocycles. The molecule has 3 aromatic rings. The van der Waals surface area contributed by atoms with Gasteiger partial charge in [0.25, 0.3) is 0 Å². The number of nitrogens with two attached hydrogens (primary N) is 2. The van der Waals surface area contributed by atoms with E-state index in [0.29, 0.717) is 11.1 Å². The number of aromatic nitrogens is 1. The monoisotopic (exact) mass is 895 g/mol. The number of carboxylic acids is 2. The lowest BCUT2D eigenvalue weighted by molar-refractivity contribution is -0.144. The Kier molecular flexibility index (Phi) is 19.8. The van der Waals surface area contributed by atoms with Gasteiger partial charge in [0.1, 0.15) is 42.3 Å². The van der Waals surface area contributed by atoms with Crippen molar-refractivity contribution in [1.82, 2.24) is 36.9 Å². The maximum atomic E-state index is 14.2. The van der Waals surface area contributed by atoms with Crippen molar-refractivity contribution in [2.75, 3.05) is 6.61 Å². The van der Waals surface area contributed by atoms with Crippen LogP contribution in [0.5, 0.6) is 0 Å². The predicted octanol–water partition coefficient (Wildman–Crippen LogP) is -2.57. The Bertz CT molecular complexity index is 2130. The number of benzene rings is 2. The molecule has 7 amide bonds. The summed E-state index contributed by atoms with van der Waals surface area (Å²) in [5, 5.41) is 54.1. The van der Waals surface area contributed by atoms with Gasteiger partial charge in [-0.1, -0.05) is 62.4 Å². The van der Waals surface area contributed by atoms with Crippen LogP contribution in [0.4, 0.5) is 0 Å². The predicted molar refractivity (Wildman–Crippen MR) is 228 cm³/mol. The first kappa shape index (κ1) is 51.4. The average Bonchev–Trinajstić information content (AvgIpc) is 3.64. The van der Waals surface area contributed by atoms with Crippen LogP contribution in [0, 0.1) is 5.92 Å². The van der Waals surface area contributed by atoms with Crippen molar-refractivity contribution >= 4 is 64.2 Å². The van der Waals surface area contributed by atoms with Gasteiger partial charge in [-0.05, 0) is 42.9 Å². The highest BCUT2D eigenvalue weighted by atomic mass is 16.4.